The van der Waals surface area contributed by atoms with Crippen molar-refractivity contribution in [3.05, 3.63) is 0 Å². The summed E-state index contributed by atoms with van der Waals surface area (Å²) < 4.78 is 13.8. The topological polar surface area (TPSA) is 26.3 Å². The van der Waals surface area contributed by atoms with E-state index in [2.05, 4.69) is 4.52 Å². The molecule has 40 valence electrons. The Morgan fingerprint density at radius 2 is 2.43 bits per heavy atom. The zero-order valence-electron chi connectivity index (χ0n) is 6.39. The van der Waals surface area contributed by atoms with Gasteiger partial charge in [0.15, 0.2) is 0 Å². The van der Waals surface area contributed by atoms with Crippen molar-refractivity contribution >= 4 is 31.7 Å². The summed E-state index contributed by atoms with van der Waals surface area (Å²) in [7, 11) is -0.205. The molecule has 2 nitrogen and oxygen atoms in total. The number of hydrogen-bond acceptors (Lipinski definition) is 2. The molecule has 0 radical (unpaired) electrons. The first kappa shape index (κ1) is 10.7. The third-order valence-electron chi connectivity index (χ3n) is 0.348. The van der Waals surface area contributed by atoms with Crippen LogP contribution in [0.25, 0.3) is 0 Å². The summed E-state index contributed by atoms with van der Waals surface area (Å²) in [5.41, 5.74) is 0. The molecule has 0 saturated carbocycles. The average molecular weight is 132 g/mol. The molecule has 0 rings (SSSR count). The predicted molar refractivity (Wildman–Crippen MR) is 31.8 cm³/mol. The zero-order valence-corrected chi connectivity index (χ0v) is 6.69. The van der Waals surface area contributed by atoms with Crippen molar-refractivity contribution < 1.29 is 11.9 Å². The van der Waals surface area contributed by atoms with Crippen molar-refractivity contribution in [2.45, 2.75) is 13.3 Å². The monoisotopic (exact) mass is 132 g/mol. The van der Waals surface area contributed by atoms with Crippen LogP contribution in [0.1, 0.15) is 16.2 Å². The van der Waals surface area contributed by atoms with Gasteiger partial charge in [0.05, 0.1) is 6.61 Å². The van der Waals surface area contributed by atoms with Crippen molar-refractivity contribution in [1.29, 1.82) is 0 Å². The molecule has 0 aromatic rings. The fourth-order valence-corrected chi connectivity index (χ4v) is 0.386. The molecule has 0 atom stereocenters. The molecule has 0 N–H and O–H groups in total. The fourth-order valence-electron chi connectivity index (χ4n) is 0.129. The molecular weight excluding hydrogens is 123 g/mol. The molecule has 0 aliphatic carbocycles. The fraction of sp³-hybridized carbons (Fsp3) is 1.00. The Balaban J connectivity index is -0.0000000417. The van der Waals surface area contributed by atoms with Crippen molar-refractivity contribution in [2.75, 3.05) is 6.61 Å². The summed E-state index contributed by atoms with van der Waals surface area (Å²) in [5, 5.41) is 0. The Bertz CT molecular complexity index is 48.8. The second-order valence-corrected chi connectivity index (χ2v) is 1.32. The van der Waals surface area contributed by atoms with Gasteiger partial charge < -0.3 is 2.85 Å². The molecule has 4 heteroatoms. The Morgan fingerprint density at radius 3 is 2.57 bits per heavy atom. The third kappa shape index (κ3) is 10.9. The van der Waals surface area contributed by atoms with E-state index in [4.69, 9.17) is 0 Å². The van der Waals surface area contributed by atoms with Crippen LogP contribution in [0, 0.1) is 0 Å². The first-order chi connectivity index (χ1) is 2.91. The van der Waals surface area contributed by atoms with Crippen LogP contribution in [0.4, 0.5) is 0 Å². The maximum absolute atomic E-state index is 9.44. The van der Waals surface area contributed by atoms with E-state index in [1.54, 1.807) is 0 Å². The van der Waals surface area contributed by atoms with Gasteiger partial charge in [-0.25, -0.2) is 4.57 Å². The number of hydrogen-bond donors (Lipinski definition) is 0. The maximum Gasteiger partial charge on any atom is 2.00 e. The van der Waals surface area contributed by atoms with Crippen molar-refractivity contribution in [3.63, 3.8) is 0 Å². The quantitative estimate of drug-likeness (QED) is 0.330. The summed E-state index contributed by atoms with van der Waals surface area (Å²) in [5.74, 6) is 0. The van der Waals surface area contributed by atoms with Crippen LogP contribution >= 0.6 is 8.69 Å². The van der Waals surface area contributed by atoms with E-state index >= 15 is 0 Å². The van der Waals surface area contributed by atoms with Gasteiger partial charge in [0.25, 0.3) is 0 Å². The normalized spacial score (nSPS) is 8.14. The number of rotatable bonds is 3. The largest absolute Gasteiger partial charge is 2.00 e. The van der Waals surface area contributed by atoms with Crippen LogP contribution in [0.2, 0.25) is 0 Å². The molecule has 0 amide bonds. The SMILES string of the molecule is CCCOP=O.[H-].[H-].[Mg+2]. The minimum atomic E-state index is -0.205. The summed E-state index contributed by atoms with van der Waals surface area (Å²) >= 11 is 0. The molecule has 0 fully saturated rings. The van der Waals surface area contributed by atoms with E-state index in [1.165, 1.54) is 0 Å². The minimum Gasteiger partial charge on any atom is -1.00 e. The maximum atomic E-state index is 9.44. The molecule has 0 aromatic heterocycles. The van der Waals surface area contributed by atoms with Crippen LogP contribution in [-0.4, -0.2) is 29.7 Å². The zero-order chi connectivity index (χ0) is 4.83. The second kappa shape index (κ2) is 9.95. The van der Waals surface area contributed by atoms with Crippen molar-refractivity contribution in [3.8, 4) is 0 Å². The van der Waals surface area contributed by atoms with Gasteiger partial charge in [-0.1, -0.05) is 6.92 Å². The standard InChI is InChI=1S/C3H7O2P.Mg.2H/c1-2-3-5-6-4;;;/h2-3H2,1H3;;;/q;+2;2*-1. The van der Waals surface area contributed by atoms with E-state index < -0.39 is 0 Å². The van der Waals surface area contributed by atoms with E-state index in [-0.39, 0.29) is 34.6 Å². The molecule has 0 spiro atoms. The Labute approximate surface area is 64.0 Å². The van der Waals surface area contributed by atoms with Gasteiger partial charge >= 0.3 is 31.7 Å². The molecule has 0 aliphatic rings. The van der Waals surface area contributed by atoms with Gasteiger partial charge in [0.2, 0.25) is 0 Å². The van der Waals surface area contributed by atoms with Crippen LogP contribution in [0.3, 0.4) is 0 Å². The van der Waals surface area contributed by atoms with E-state index in [0.717, 1.165) is 6.42 Å². The molecule has 0 unspecified atom stereocenters. The van der Waals surface area contributed by atoms with E-state index in [1.807, 2.05) is 6.92 Å². The van der Waals surface area contributed by atoms with Crippen molar-refractivity contribution in [2.24, 2.45) is 0 Å². The van der Waals surface area contributed by atoms with Gasteiger partial charge in [-0.15, -0.1) is 0 Å². The molecular formula is C3H9MgO2P. The van der Waals surface area contributed by atoms with Gasteiger partial charge in [0.1, 0.15) is 0 Å². The van der Waals surface area contributed by atoms with Crippen LogP contribution in [0.5, 0.6) is 0 Å². The Morgan fingerprint density at radius 1 is 1.86 bits per heavy atom. The van der Waals surface area contributed by atoms with Crippen LogP contribution in [0.15, 0.2) is 0 Å². The molecule has 7 heavy (non-hydrogen) atoms. The van der Waals surface area contributed by atoms with Gasteiger partial charge in [-0.3, -0.25) is 4.52 Å². The van der Waals surface area contributed by atoms with Crippen LogP contribution < -0.4 is 0 Å². The molecule has 0 saturated heterocycles. The molecule has 0 aromatic carbocycles. The first-order valence-electron chi connectivity index (χ1n) is 1.86. The molecule has 0 bridgehead atoms. The first-order valence-corrected chi connectivity index (χ1v) is 2.59. The molecule has 0 heterocycles. The Kier molecular flexibility index (Phi) is 15.3. The summed E-state index contributed by atoms with van der Waals surface area (Å²) in [4.78, 5) is 0. The predicted octanol–water partition coefficient (Wildman–Crippen LogP) is 1.46. The smallest absolute Gasteiger partial charge is 1.00 e. The third-order valence-corrected chi connectivity index (χ3v) is 0.636. The van der Waals surface area contributed by atoms with Crippen molar-refractivity contribution in [1.82, 2.24) is 0 Å². The second-order valence-electron chi connectivity index (χ2n) is 0.908. The Hall–Kier alpha value is 0.826. The summed E-state index contributed by atoms with van der Waals surface area (Å²) in [6, 6.07) is 0. The van der Waals surface area contributed by atoms with Crippen LogP contribution in [-0.2, 0) is 9.09 Å². The van der Waals surface area contributed by atoms with E-state index in [9.17, 15) is 4.57 Å². The van der Waals surface area contributed by atoms with E-state index in [0.29, 0.717) is 6.61 Å². The minimum absolute atomic E-state index is 0. The summed E-state index contributed by atoms with van der Waals surface area (Å²) in [6.07, 6.45) is 0.926. The van der Waals surface area contributed by atoms with Gasteiger partial charge in [-0.2, -0.15) is 0 Å². The molecule has 0 aliphatic heterocycles. The summed E-state index contributed by atoms with van der Waals surface area (Å²) in [6.45, 7) is 2.55. The van der Waals surface area contributed by atoms with Gasteiger partial charge in [-0.05, 0) is 6.42 Å². The average Bonchev–Trinajstić information content (AvgIpc) is 1.61. The van der Waals surface area contributed by atoms with Gasteiger partial charge in [0, 0.05) is 0 Å².